The highest BCUT2D eigenvalue weighted by Crippen LogP contribution is 2.47. The zero-order chi connectivity index (χ0) is 39.0. The second-order valence-corrected chi connectivity index (χ2v) is 15.0. The summed E-state index contributed by atoms with van der Waals surface area (Å²) in [7, 11) is 4.09. The Morgan fingerprint density at radius 3 is 2.47 bits per heavy atom. The van der Waals surface area contributed by atoms with Crippen LogP contribution >= 0.6 is 11.6 Å². The molecule has 2 N–H and O–H groups in total. The van der Waals surface area contributed by atoms with Crippen molar-refractivity contribution in [2.24, 2.45) is 14.1 Å². The molecule has 12 nitrogen and oxygen atoms in total. The van der Waals surface area contributed by atoms with Gasteiger partial charge in [0, 0.05) is 62.0 Å². The number of carbonyl (C=O) groups is 1. The average Bonchev–Trinajstić information content (AvgIpc) is 3.77. The molecule has 5 heterocycles. The van der Waals surface area contributed by atoms with Gasteiger partial charge in [0.1, 0.15) is 11.2 Å². The van der Waals surface area contributed by atoms with Crippen molar-refractivity contribution in [2.75, 3.05) is 25.5 Å². The maximum atomic E-state index is 14.0. The molecule has 8 rings (SSSR count). The van der Waals surface area contributed by atoms with Crippen molar-refractivity contribution in [1.82, 2.24) is 34.3 Å². The normalized spacial score (nSPS) is 19.9. The molecule has 2 atom stereocenters. The van der Waals surface area contributed by atoms with Crippen LogP contribution in [-0.2, 0) is 31.5 Å². The number of ether oxygens (including phenoxy) is 1. The van der Waals surface area contributed by atoms with Gasteiger partial charge in [0.2, 0.25) is 17.6 Å². The molecule has 2 saturated heterocycles. The number of hydrogen-bond acceptors (Lipinski definition) is 9. The first-order chi connectivity index (χ1) is 26.2. The molecule has 2 aromatic carbocycles. The molecule has 0 saturated carbocycles. The molecule has 2 aliphatic heterocycles. The van der Waals surface area contributed by atoms with E-state index in [1.807, 2.05) is 24.3 Å². The Morgan fingerprint density at radius 2 is 1.73 bits per heavy atom. The van der Waals surface area contributed by atoms with Gasteiger partial charge >= 0.3 is 11.9 Å². The number of hydrogen-bond donors (Lipinski definition) is 2. The third kappa shape index (κ3) is 6.22. The second-order valence-electron chi connectivity index (χ2n) is 14.6. The summed E-state index contributed by atoms with van der Waals surface area (Å²) in [6.45, 7) is 3.45. The summed E-state index contributed by atoms with van der Waals surface area (Å²) in [6, 6.07) is 13.0. The minimum atomic E-state index is -4.95. The SMILES string of the molecule is COc1nc(-c2cccc(-c3cccc(Nc4nc(C(F)(F)F)nc5c4c(=O)n(C)c(=O)n5C)c3C)c2Cl)cc2c1[C@@H](N1CC[C@@]3(CCCC(=O)N3)C1)CC2. The van der Waals surface area contributed by atoms with E-state index in [0.717, 1.165) is 65.5 Å². The minimum Gasteiger partial charge on any atom is -0.481 e. The van der Waals surface area contributed by atoms with E-state index in [1.54, 1.807) is 26.2 Å². The number of aromatic nitrogens is 5. The zero-order valence-corrected chi connectivity index (χ0v) is 31.4. The highest BCUT2D eigenvalue weighted by molar-refractivity contribution is 6.36. The third-order valence-electron chi connectivity index (χ3n) is 11.3. The van der Waals surface area contributed by atoms with Crippen molar-refractivity contribution in [3.05, 3.63) is 90.8 Å². The molecule has 1 spiro atoms. The molecule has 5 aromatic rings. The number of alkyl halides is 3. The molecule has 0 unspecified atom stereocenters. The first-order valence-electron chi connectivity index (χ1n) is 18.0. The van der Waals surface area contributed by atoms with Gasteiger partial charge in [-0.15, -0.1) is 0 Å². The summed E-state index contributed by atoms with van der Waals surface area (Å²) in [5.41, 5.74) is 3.52. The predicted molar refractivity (Wildman–Crippen MR) is 202 cm³/mol. The highest BCUT2D eigenvalue weighted by atomic mass is 35.5. The average molecular weight is 775 g/mol. The lowest BCUT2D eigenvalue weighted by Gasteiger charge is -2.35. The molecule has 0 radical (unpaired) electrons. The van der Waals surface area contributed by atoms with Gasteiger partial charge in [-0.25, -0.2) is 19.7 Å². The summed E-state index contributed by atoms with van der Waals surface area (Å²) >= 11 is 7.19. The number of pyridine rings is 1. The Kier molecular flexibility index (Phi) is 8.99. The van der Waals surface area contributed by atoms with Gasteiger partial charge in [-0.05, 0) is 67.9 Å². The number of piperidine rings is 1. The van der Waals surface area contributed by atoms with Crippen LogP contribution in [0.1, 0.15) is 60.7 Å². The zero-order valence-electron chi connectivity index (χ0n) is 30.6. The van der Waals surface area contributed by atoms with Gasteiger partial charge < -0.3 is 15.4 Å². The summed E-state index contributed by atoms with van der Waals surface area (Å²) in [4.78, 5) is 52.8. The van der Waals surface area contributed by atoms with Crippen molar-refractivity contribution in [1.29, 1.82) is 0 Å². The first kappa shape index (κ1) is 36.7. The van der Waals surface area contributed by atoms with Crippen LogP contribution in [0.5, 0.6) is 5.88 Å². The molecule has 2 fully saturated rings. The van der Waals surface area contributed by atoms with Crippen molar-refractivity contribution in [2.45, 2.75) is 63.2 Å². The van der Waals surface area contributed by atoms with Crippen molar-refractivity contribution in [3.63, 3.8) is 0 Å². The molecule has 3 aliphatic rings. The van der Waals surface area contributed by atoms with E-state index in [1.165, 1.54) is 14.1 Å². The number of aryl methyl sites for hydroxylation is 2. The Morgan fingerprint density at radius 1 is 0.982 bits per heavy atom. The molecule has 0 bridgehead atoms. The number of amides is 1. The van der Waals surface area contributed by atoms with Gasteiger partial charge in [0.25, 0.3) is 5.56 Å². The molecule has 3 aromatic heterocycles. The fourth-order valence-corrected chi connectivity index (χ4v) is 8.85. The number of fused-ring (bicyclic) bond motifs is 2. The summed E-state index contributed by atoms with van der Waals surface area (Å²) in [6.07, 6.45) is 0.169. The van der Waals surface area contributed by atoms with Gasteiger partial charge in [0.15, 0.2) is 5.65 Å². The Hall–Kier alpha value is -5.28. The number of nitrogens with one attached hydrogen (secondary N) is 2. The smallest absolute Gasteiger partial charge is 0.451 e. The minimum absolute atomic E-state index is 0.119. The molecular weight excluding hydrogens is 737 g/mol. The predicted octanol–water partition coefficient (Wildman–Crippen LogP) is 6.22. The quantitative estimate of drug-likeness (QED) is 0.206. The van der Waals surface area contributed by atoms with Crippen LogP contribution in [0.25, 0.3) is 33.4 Å². The number of nitrogens with zero attached hydrogens (tertiary/aromatic N) is 6. The van der Waals surface area contributed by atoms with E-state index in [-0.39, 0.29) is 22.9 Å². The summed E-state index contributed by atoms with van der Waals surface area (Å²) in [5.74, 6) is -1.23. The standard InChI is InChI=1S/C39H38ClF3N8O4/c1-20-22(8-6-11-25(20)44-32-30-33(47-36(46-32)39(41,42)43)49(2)37(54)50(3)35(30)53)23-9-5-10-24(31(23)40)26-18-21-13-14-27(29(21)34(45-26)55-4)51-17-16-38(19-51)15-7-12-28(52)48-38/h5-6,8-11,18,27H,7,12-17,19H2,1-4H3,(H,48,52)(H,44,46,47)/t27-,38-/m0/s1. The molecule has 55 heavy (non-hydrogen) atoms. The largest absolute Gasteiger partial charge is 0.481 e. The molecule has 1 aliphatic carbocycles. The van der Waals surface area contributed by atoms with Crippen molar-refractivity contribution in [3.8, 4) is 28.3 Å². The summed E-state index contributed by atoms with van der Waals surface area (Å²) in [5, 5.41) is 6.35. The number of benzene rings is 2. The van der Waals surface area contributed by atoms with Crippen molar-refractivity contribution >= 4 is 40.0 Å². The molecular formula is C39H38ClF3N8O4. The lowest BCUT2D eigenvalue weighted by atomic mass is 9.88. The Labute approximate surface area is 318 Å². The number of likely N-dealkylation sites (tertiary alicyclic amines) is 1. The molecule has 16 heteroatoms. The first-order valence-corrected chi connectivity index (χ1v) is 18.4. The van der Waals surface area contributed by atoms with Gasteiger partial charge in [-0.2, -0.15) is 13.2 Å². The molecule has 286 valence electrons. The number of anilines is 2. The topological polar surface area (TPSA) is 136 Å². The maximum absolute atomic E-state index is 14.0. The van der Waals surface area contributed by atoms with Crippen molar-refractivity contribution < 1.29 is 22.7 Å². The van der Waals surface area contributed by atoms with E-state index < -0.39 is 34.7 Å². The second kappa shape index (κ2) is 13.5. The Balaban J connectivity index is 1.15. The fourth-order valence-electron chi connectivity index (χ4n) is 8.53. The summed E-state index contributed by atoms with van der Waals surface area (Å²) < 4.78 is 49.5. The van der Waals surface area contributed by atoms with Crippen LogP contribution in [0.2, 0.25) is 5.02 Å². The Bertz CT molecular complexity index is 2540. The number of halogens is 4. The van der Waals surface area contributed by atoms with Crippen LogP contribution < -0.4 is 26.6 Å². The van der Waals surface area contributed by atoms with Crippen LogP contribution in [0.4, 0.5) is 24.7 Å². The fraction of sp³-hybridized carbons (Fsp3) is 0.385. The number of rotatable bonds is 6. The lowest BCUT2D eigenvalue weighted by molar-refractivity contribution is -0.144. The third-order valence-corrected chi connectivity index (χ3v) is 11.7. The molecule has 1 amide bonds. The van der Waals surface area contributed by atoms with Crippen LogP contribution in [0, 0.1) is 6.92 Å². The van der Waals surface area contributed by atoms with E-state index in [9.17, 15) is 27.6 Å². The number of methoxy groups -OCH3 is 1. The number of carbonyl (C=O) groups excluding carboxylic acids is 1. The van der Waals surface area contributed by atoms with Gasteiger partial charge in [-0.3, -0.25) is 23.6 Å². The maximum Gasteiger partial charge on any atom is 0.451 e. The highest BCUT2D eigenvalue weighted by Gasteiger charge is 2.45. The lowest BCUT2D eigenvalue weighted by Crippen LogP contribution is -2.53. The monoisotopic (exact) mass is 774 g/mol. The van der Waals surface area contributed by atoms with E-state index in [2.05, 4.69) is 31.6 Å². The van der Waals surface area contributed by atoms with E-state index in [0.29, 0.717) is 51.0 Å². The van der Waals surface area contributed by atoms with E-state index >= 15 is 0 Å². The van der Waals surface area contributed by atoms with Crippen LogP contribution in [0.3, 0.4) is 0 Å². The van der Waals surface area contributed by atoms with Crippen LogP contribution in [0.15, 0.2) is 52.1 Å². The van der Waals surface area contributed by atoms with Crippen LogP contribution in [-0.4, -0.2) is 60.6 Å². The van der Waals surface area contributed by atoms with Gasteiger partial charge in [0.05, 0.1) is 23.4 Å². The van der Waals surface area contributed by atoms with E-state index in [4.69, 9.17) is 21.3 Å². The van der Waals surface area contributed by atoms with Gasteiger partial charge in [-0.1, -0.05) is 41.9 Å².